The molecular weight excluding hydrogens is 263 g/mol. The number of piperidine rings is 1. The van der Waals surface area contributed by atoms with Crippen LogP contribution in [0.5, 0.6) is 0 Å². The van der Waals surface area contributed by atoms with Gasteiger partial charge in [0.25, 0.3) is 5.91 Å². The number of carbonyl (C=O) groups excluding carboxylic acids is 1. The third kappa shape index (κ3) is 2.95. The molecule has 108 valence electrons. The smallest absolute Gasteiger partial charge is 0.305 e. The van der Waals surface area contributed by atoms with Crippen molar-refractivity contribution in [3.05, 3.63) is 39.7 Å². The predicted molar refractivity (Wildman–Crippen MR) is 72.0 cm³/mol. The molecule has 0 aromatic heterocycles. The molecule has 6 heteroatoms. The lowest BCUT2D eigenvalue weighted by molar-refractivity contribution is -0.387. The zero-order valence-corrected chi connectivity index (χ0v) is 11.6. The number of nitro groups is 1. The Hall–Kier alpha value is -1.98. The first-order valence-electron chi connectivity index (χ1n) is 6.53. The number of nitro benzene ring substituents is 1. The second kappa shape index (κ2) is 5.19. The van der Waals surface area contributed by atoms with Crippen molar-refractivity contribution in [3.8, 4) is 0 Å². The number of nitrogens with zero attached hydrogens (tertiary/aromatic N) is 2. The summed E-state index contributed by atoms with van der Waals surface area (Å²) >= 11 is 0. The molecule has 1 amide bonds. The summed E-state index contributed by atoms with van der Waals surface area (Å²) in [6, 6.07) is 3.28. The van der Waals surface area contributed by atoms with Gasteiger partial charge in [-0.3, -0.25) is 14.9 Å². The summed E-state index contributed by atoms with van der Waals surface area (Å²) in [5, 5.41) is 10.7. The van der Waals surface area contributed by atoms with Gasteiger partial charge in [-0.05, 0) is 30.4 Å². The van der Waals surface area contributed by atoms with Crippen molar-refractivity contribution in [1.82, 2.24) is 4.90 Å². The summed E-state index contributed by atoms with van der Waals surface area (Å²) in [5.41, 5.74) is -0.456. The van der Waals surface area contributed by atoms with E-state index in [0.29, 0.717) is 13.1 Å². The molecule has 1 saturated heterocycles. The molecule has 0 atom stereocenters. The van der Waals surface area contributed by atoms with E-state index in [4.69, 9.17) is 0 Å². The van der Waals surface area contributed by atoms with Crippen LogP contribution in [0.3, 0.4) is 0 Å². The molecule has 1 heterocycles. The van der Waals surface area contributed by atoms with Crippen LogP contribution in [0.4, 0.5) is 10.1 Å². The van der Waals surface area contributed by atoms with Crippen molar-refractivity contribution in [2.45, 2.75) is 26.7 Å². The first-order valence-corrected chi connectivity index (χ1v) is 6.53. The molecule has 2 rings (SSSR count). The molecule has 0 aliphatic carbocycles. The van der Waals surface area contributed by atoms with Crippen LogP contribution in [-0.2, 0) is 0 Å². The van der Waals surface area contributed by atoms with E-state index >= 15 is 0 Å². The zero-order valence-electron chi connectivity index (χ0n) is 11.6. The highest BCUT2D eigenvalue weighted by molar-refractivity contribution is 5.95. The van der Waals surface area contributed by atoms with Crippen LogP contribution in [0, 0.1) is 21.3 Å². The van der Waals surface area contributed by atoms with Gasteiger partial charge in [-0.25, -0.2) is 0 Å². The largest absolute Gasteiger partial charge is 0.338 e. The summed E-state index contributed by atoms with van der Waals surface area (Å²) in [6.45, 7) is 5.41. The maximum atomic E-state index is 13.3. The second-order valence-electron chi connectivity index (χ2n) is 5.92. The van der Waals surface area contributed by atoms with Crippen molar-refractivity contribution >= 4 is 11.6 Å². The SMILES string of the molecule is CC1(C)CCCN(C(=O)c2ccc(F)c([N+](=O)[O-])c2)C1. The lowest BCUT2D eigenvalue weighted by Gasteiger charge is -2.38. The normalized spacial score (nSPS) is 17.9. The Morgan fingerprint density at radius 3 is 2.75 bits per heavy atom. The minimum atomic E-state index is -0.925. The van der Waals surface area contributed by atoms with Gasteiger partial charge in [0.15, 0.2) is 0 Å². The highest BCUT2D eigenvalue weighted by atomic mass is 19.1. The number of hydrogen-bond donors (Lipinski definition) is 0. The van der Waals surface area contributed by atoms with Crippen molar-refractivity contribution in [2.24, 2.45) is 5.41 Å². The number of benzene rings is 1. The Bertz CT molecular complexity index is 557. The number of halogens is 1. The van der Waals surface area contributed by atoms with Crippen LogP contribution in [0.15, 0.2) is 18.2 Å². The molecule has 0 spiro atoms. The molecule has 0 N–H and O–H groups in total. The summed E-state index contributed by atoms with van der Waals surface area (Å²) < 4.78 is 13.3. The summed E-state index contributed by atoms with van der Waals surface area (Å²) in [6.07, 6.45) is 1.95. The Morgan fingerprint density at radius 2 is 2.15 bits per heavy atom. The van der Waals surface area contributed by atoms with E-state index in [-0.39, 0.29) is 16.9 Å². The third-order valence-corrected chi connectivity index (χ3v) is 3.58. The lowest BCUT2D eigenvalue weighted by atomic mass is 9.84. The molecule has 1 aromatic rings. The number of hydrogen-bond acceptors (Lipinski definition) is 3. The van der Waals surface area contributed by atoms with Gasteiger partial charge in [0, 0.05) is 24.7 Å². The van der Waals surface area contributed by atoms with Crippen molar-refractivity contribution in [1.29, 1.82) is 0 Å². The van der Waals surface area contributed by atoms with Crippen molar-refractivity contribution in [2.75, 3.05) is 13.1 Å². The maximum absolute atomic E-state index is 13.3. The van der Waals surface area contributed by atoms with Crippen molar-refractivity contribution in [3.63, 3.8) is 0 Å². The summed E-state index contributed by atoms with van der Waals surface area (Å²) in [5.74, 6) is -1.20. The molecule has 0 unspecified atom stereocenters. The van der Waals surface area contributed by atoms with Crippen LogP contribution >= 0.6 is 0 Å². The quantitative estimate of drug-likeness (QED) is 0.618. The minimum absolute atomic E-state index is 0.0415. The van der Waals surface area contributed by atoms with Gasteiger partial charge in [0.2, 0.25) is 5.82 Å². The van der Waals surface area contributed by atoms with Gasteiger partial charge in [0.05, 0.1) is 4.92 Å². The van der Waals surface area contributed by atoms with E-state index < -0.39 is 16.4 Å². The van der Waals surface area contributed by atoms with Gasteiger partial charge < -0.3 is 4.90 Å². The van der Waals surface area contributed by atoms with E-state index in [9.17, 15) is 19.3 Å². The predicted octanol–water partition coefficient (Wildman–Crippen LogP) is 3.00. The fraction of sp³-hybridized carbons (Fsp3) is 0.500. The number of carbonyl (C=O) groups is 1. The summed E-state index contributed by atoms with van der Waals surface area (Å²) in [7, 11) is 0. The minimum Gasteiger partial charge on any atom is -0.338 e. The van der Waals surface area contributed by atoms with Crippen LogP contribution in [-0.4, -0.2) is 28.8 Å². The van der Waals surface area contributed by atoms with Crippen LogP contribution in [0.2, 0.25) is 0 Å². The highest BCUT2D eigenvalue weighted by Gasteiger charge is 2.30. The van der Waals surface area contributed by atoms with Gasteiger partial charge in [-0.15, -0.1) is 0 Å². The van der Waals surface area contributed by atoms with Gasteiger partial charge in [-0.1, -0.05) is 13.8 Å². The van der Waals surface area contributed by atoms with Crippen LogP contribution in [0.1, 0.15) is 37.0 Å². The number of rotatable bonds is 2. The monoisotopic (exact) mass is 280 g/mol. The second-order valence-corrected chi connectivity index (χ2v) is 5.92. The lowest BCUT2D eigenvalue weighted by Crippen LogP contribution is -2.43. The average molecular weight is 280 g/mol. The average Bonchev–Trinajstić information content (AvgIpc) is 2.37. The molecule has 0 saturated carbocycles. The molecule has 1 fully saturated rings. The van der Waals surface area contributed by atoms with E-state index in [2.05, 4.69) is 13.8 Å². The van der Waals surface area contributed by atoms with E-state index in [1.807, 2.05) is 0 Å². The third-order valence-electron chi connectivity index (χ3n) is 3.58. The Morgan fingerprint density at radius 1 is 1.45 bits per heavy atom. The first-order chi connectivity index (χ1) is 9.30. The van der Waals surface area contributed by atoms with E-state index in [0.717, 1.165) is 25.0 Å². The first kappa shape index (κ1) is 14.4. The fourth-order valence-corrected chi connectivity index (χ4v) is 2.56. The molecule has 5 nitrogen and oxygen atoms in total. The standard InChI is InChI=1S/C14H17FN2O3/c1-14(2)6-3-7-16(9-14)13(18)10-4-5-11(15)12(8-10)17(19)20/h4-5,8H,3,6-7,9H2,1-2H3. The topological polar surface area (TPSA) is 63.5 Å². The highest BCUT2D eigenvalue weighted by Crippen LogP contribution is 2.29. The van der Waals surface area contributed by atoms with Crippen LogP contribution in [0.25, 0.3) is 0 Å². The van der Waals surface area contributed by atoms with Gasteiger partial charge in [-0.2, -0.15) is 4.39 Å². The molecule has 1 aliphatic rings. The fourth-order valence-electron chi connectivity index (χ4n) is 2.56. The van der Waals surface area contributed by atoms with Gasteiger partial charge >= 0.3 is 5.69 Å². The number of likely N-dealkylation sites (tertiary alicyclic amines) is 1. The zero-order chi connectivity index (χ0) is 14.9. The summed E-state index contributed by atoms with van der Waals surface area (Å²) in [4.78, 5) is 23.9. The molecule has 0 bridgehead atoms. The molecule has 1 aromatic carbocycles. The Labute approximate surface area is 116 Å². The number of amides is 1. The molecular formula is C14H17FN2O3. The van der Waals surface area contributed by atoms with E-state index in [1.54, 1.807) is 4.90 Å². The maximum Gasteiger partial charge on any atom is 0.305 e. The molecule has 20 heavy (non-hydrogen) atoms. The van der Waals surface area contributed by atoms with E-state index in [1.165, 1.54) is 6.07 Å². The Balaban J connectivity index is 2.25. The molecule has 1 aliphatic heterocycles. The van der Waals surface area contributed by atoms with Crippen LogP contribution < -0.4 is 0 Å². The molecule has 0 radical (unpaired) electrons. The Kier molecular flexibility index (Phi) is 3.74. The van der Waals surface area contributed by atoms with Crippen molar-refractivity contribution < 1.29 is 14.1 Å². The van der Waals surface area contributed by atoms with Gasteiger partial charge in [0.1, 0.15) is 0 Å².